The van der Waals surface area contributed by atoms with Crippen molar-refractivity contribution in [1.82, 2.24) is 0 Å². The molecule has 5 heteroatoms. The lowest BCUT2D eigenvalue weighted by Crippen LogP contribution is -2.31. The first kappa shape index (κ1) is 15.6. The standard InChI is InChI=1S/C18H17NO3S/c1-12-3-9-15(10-4-12)23-16-11-17(20)19(18(16)21)13-5-7-14(22-2)8-6-13/h3-10,16H,11H2,1-2H3/t16-/m0/s1. The minimum atomic E-state index is -0.368. The van der Waals surface area contributed by atoms with Gasteiger partial charge in [-0.25, -0.2) is 4.90 Å². The molecule has 0 saturated carbocycles. The Hall–Kier alpha value is -2.27. The van der Waals surface area contributed by atoms with Gasteiger partial charge in [0.25, 0.3) is 0 Å². The fourth-order valence-corrected chi connectivity index (χ4v) is 3.53. The van der Waals surface area contributed by atoms with Crippen LogP contribution in [0.2, 0.25) is 0 Å². The molecule has 118 valence electrons. The van der Waals surface area contributed by atoms with Crippen molar-refractivity contribution < 1.29 is 14.3 Å². The molecule has 1 saturated heterocycles. The second-order valence-electron chi connectivity index (χ2n) is 5.39. The van der Waals surface area contributed by atoms with Crippen LogP contribution in [0, 0.1) is 6.92 Å². The van der Waals surface area contributed by atoms with Gasteiger partial charge in [0, 0.05) is 11.3 Å². The van der Waals surface area contributed by atoms with E-state index in [1.54, 1.807) is 31.4 Å². The highest BCUT2D eigenvalue weighted by atomic mass is 32.2. The zero-order valence-electron chi connectivity index (χ0n) is 13.0. The van der Waals surface area contributed by atoms with E-state index in [0.717, 1.165) is 4.90 Å². The number of thioether (sulfide) groups is 1. The molecule has 0 N–H and O–H groups in total. The number of carbonyl (C=O) groups excluding carboxylic acids is 2. The Morgan fingerprint density at radius 3 is 2.30 bits per heavy atom. The highest BCUT2D eigenvalue weighted by Gasteiger charge is 2.40. The number of anilines is 1. The molecule has 1 fully saturated rings. The van der Waals surface area contributed by atoms with Crippen LogP contribution in [0.15, 0.2) is 53.4 Å². The van der Waals surface area contributed by atoms with Gasteiger partial charge in [0.05, 0.1) is 18.0 Å². The number of hydrogen-bond acceptors (Lipinski definition) is 4. The van der Waals surface area contributed by atoms with Crippen LogP contribution in [0.5, 0.6) is 5.75 Å². The quantitative estimate of drug-likeness (QED) is 0.807. The summed E-state index contributed by atoms with van der Waals surface area (Å²) in [6, 6.07) is 14.9. The van der Waals surface area contributed by atoms with Crippen molar-refractivity contribution in [2.45, 2.75) is 23.5 Å². The first-order chi connectivity index (χ1) is 11.1. The molecule has 1 aliphatic rings. The van der Waals surface area contributed by atoms with Crippen molar-refractivity contribution in [3.63, 3.8) is 0 Å². The molecule has 0 aliphatic carbocycles. The Morgan fingerprint density at radius 2 is 1.70 bits per heavy atom. The number of ether oxygens (including phenoxy) is 1. The summed E-state index contributed by atoms with van der Waals surface area (Å²) in [7, 11) is 1.58. The Bertz CT molecular complexity index is 725. The van der Waals surface area contributed by atoms with Gasteiger partial charge in [0.1, 0.15) is 5.75 Å². The first-order valence-electron chi connectivity index (χ1n) is 7.32. The number of methoxy groups -OCH3 is 1. The van der Waals surface area contributed by atoms with E-state index in [-0.39, 0.29) is 23.5 Å². The molecule has 2 amide bonds. The molecule has 2 aromatic rings. The van der Waals surface area contributed by atoms with E-state index in [1.807, 2.05) is 31.2 Å². The summed E-state index contributed by atoms with van der Waals surface area (Å²) in [5.74, 6) is 0.369. The van der Waals surface area contributed by atoms with Gasteiger partial charge in [0.2, 0.25) is 11.8 Å². The largest absolute Gasteiger partial charge is 0.497 e. The van der Waals surface area contributed by atoms with Crippen molar-refractivity contribution in [3.05, 3.63) is 54.1 Å². The number of benzene rings is 2. The maximum absolute atomic E-state index is 12.6. The maximum Gasteiger partial charge on any atom is 0.247 e. The third-order valence-electron chi connectivity index (χ3n) is 3.74. The SMILES string of the molecule is COc1ccc(N2C(=O)C[C@H](Sc3ccc(C)cc3)C2=O)cc1. The Morgan fingerprint density at radius 1 is 1.04 bits per heavy atom. The lowest BCUT2D eigenvalue weighted by molar-refractivity contribution is -0.121. The molecule has 1 heterocycles. The molecule has 0 unspecified atom stereocenters. The van der Waals surface area contributed by atoms with Crippen LogP contribution in [0.4, 0.5) is 5.69 Å². The summed E-state index contributed by atoms with van der Waals surface area (Å²) in [6.07, 6.45) is 0.226. The molecule has 1 aliphatic heterocycles. The van der Waals surface area contributed by atoms with E-state index < -0.39 is 0 Å². The number of nitrogens with zero attached hydrogens (tertiary/aromatic N) is 1. The number of amides is 2. The fourth-order valence-electron chi connectivity index (χ4n) is 2.48. The second kappa shape index (κ2) is 6.46. The van der Waals surface area contributed by atoms with Crippen LogP contribution in [-0.4, -0.2) is 24.2 Å². The summed E-state index contributed by atoms with van der Waals surface area (Å²) >= 11 is 1.44. The van der Waals surface area contributed by atoms with Crippen molar-refractivity contribution in [3.8, 4) is 5.75 Å². The molecular weight excluding hydrogens is 310 g/mol. The number of aryl methyl sites for hydroxylation is 1. The van der Waals surface area contributed by atoms with Gasteiger partial charge in [-0.3, -0.25) is 9.59 Å². The monoisotopic (exact) mass is 327 g/mol. The molecule has 0 aromatic heterocycles. The van der Waals surface area contributed by atoms with Crippen LogP contribution in [0.25, 0.3) is 0 Å². The van der Waals surface area contributed by atoms with Gasteiger partial charge >= 0.3 is 0 Å². The summed E-state index contributed by atoms with van der Waals surface area (Å²) in [5.41, 5.74) is 1.76. The van der Waals surface area contributed by atoms with E-state index in [2.05, 4.69) is 0 Å². The molecule has 4 nitrogen and oxygen atoms in total. The average molecular weight is 327 g/mol. The number of carbonyl (C=O) groups is 2. The molecular formula is C18H17NO3S. The first-order valence-corrected chi connectivity index (χ1v) is 8.20. The topological polar surface area (TPSA) is 46.6 Å². The van der Waals surface area contributed by atoms with Crippen LogP contribution >= 0.6 is 11.8 Å². The Balaban J connectivity index is 1.77. The van der Waals surface area contributed by atoms with Gasteiger partial charge in [-0.1, -0.05) is 17.7 Å². The van der Waals surface area contributed by atoms with E-state index in [9.17, 15) is 9.59 Å². The van der Waals surface area contributed by atoms with Crippen molar-refractivity contribution >= 4 is 29.3 Å². The lowest BCUT2D eigenvalue weighted by atomic mass is 10.2. The molecule has 2 aromatic carbocycles. The average Bonchev–Trinajstić information content (AvgIpc) is 2.84. The van der Waals surface area contributed by atoms with Crippen molar-refractivity contribution in [1.29, 1.82) is 0 Å². The van der Waals surface area contributed by atoms with Crippen LogP contribution in [-0.2, 0) is 9.59 Å². The van der Waals surface area contributed by atoms with E-state index in [0.29, 0.717) is 11.4 Å². The smallest absolute Gasteiger partial charge is 0.247 e. The van der Waals surface area contributed by atoms with Gasteiger partial charge < -0.3 is 4.74 Å². The van der Waals surface area contributed by atoms with Crippen LogP contribution in [0.3, 0.4) is 0 Å². The summed E-state index contributed by atoms with van der Waals surface area (Å²) in [6.45, 7) is 2.02. The summed E-state index contributed by atoms with van der Waals surface area (Å²) in [5, 5.41) is -0.368. The zero-order valence-corrected chi connectivity index (χ0v) is 13.8. The normalized spacial score (nSPS) is 17.7. The van der Waals surface area contributed by atoms with Gasteiger partial charge in [-0.2, -0.15) is 0 Å². The summed E-state index contributed by atoms with van der Waals surface area (Å²) < 4.78 is 5.10. The third kappa shape index (κ3) is 3.24. The van der Waals surface area contributed by atoms with Gasteiger partial charge in [0.15, 0.2) is 0 Å². The lowest BCUT2D eigenvalue weighted by Gasteiger charge is -2.15. The van der Waals surface area contributed by atoms with Crippen LogP contribution < -0.4 is 9.64 Å². The highest BCUT2D eigenvalue weighted by molar-refractivity contribution is 8.00. The maximum atomic E-state index is 12.6. The second-order valence-corrected chi connectivity index (χ2v) is 6.67. The molecule has 0 bridgehead atoms. The number of rotatable bonds is 4. The minimum absolute atomic E-state index is 0.161. The predicted octanol–water partition coefficient (Wildman–Crippen LogP) is 3.43. The molecule has 0 radical (unpaired) electrons. The minimum Gasteiger partial charge on any atom is -0.497 e. The predicted molar refractivity (Wildman–Crippen MR) is 90.9 cm³/mol. The Kier molecular flexibility index (Phi) is 4.39. The number of hydrogen-bond donors (Lipinski definition) is 0. The number of imide groups is 1. The van der Waals surface area contributed by atoms with Crippen molar-refractivity contribution in [2.24, 2.45) is 0 Å². The van der Waals surface area contributed by atoms with E-state index in [1.165, 1.54) is 22.2 Å². The van der Waals surface area contributed by atoms with Crippen LogP contribution in [0.1, 0.15) is 12.0 Å². The zero-order chi connectivity index (χ0) is 16.4. The Labute approximate surface area is 139 Å². The molecule has 23 heavy (non-hydrogen) atoms. The van der Waals surface area contributed by atoms with E-state index in [4.69, 9.17) is 4.74 Å². The molecule has 1 atom stereocenters. The van der Waals surface area contributed by atoms with Crippen molar-refractivity contribution in [2.75, 3.05) is 12.0 Å². The van der Waals surface area contributed by atoms with Gasteiger partial charge in [-0.05, 0) is 43.3 Å². The molecule has 3 rings (SSSR count). The molecule has 0 spiro atoms. The van der Waals surface area contributed by atoms with E-state index >= 15 is 0 Å². The fraction of sp³-hybridized carbons (Fsp3) is 0.222. The summed E-state index contributed by atoms with van der Waals surface area (Å²) in [4.78, 5) is 27.1. The highest BCUT2D eigenvalue weighted by Crippen LogP contribution is 2.34. The third-order valence-corrected chi connectivity index (χ3v) is 4.93. The van der Waals surface area contributed by atoms with Gasteiger partial charge in [-0.15, -0.1) is 11.8 Å².